The molecule has 0 radical (unpaired) electrons. The fraction of sp³-hybridized carbons (Fsp3) is 0.286. The lowest BCUT2D eigenvalue weighted by atomic mass is 10.2. The summed E-state index contributed by atoms with van der Waals surface area (Å²) in [6, 6.07) is 9.18. The highest BCUT2D eigenvalue weighted by Gasteiger charge is 2.13. The second-order valence-corrected chi connectivity index (χ2v) is 4.00. The largest absolute Gasteiger partial charge is 0.486 e. The van der Waals surface area contributed by atoms with E-state index >= 15 is 0 Å². The molecule has 0 aliphatic rings. The Morgan fingerprint density at radius 2 is 2.05 bits per heavy atom. The number of aryl methyl sites for hydroxylation is 1. The van der Waals surface area contributed by atoms with E-state index in [9.17, 15) is 4.79 Å². The van der Waals surface area contributed by atoms with Crippen LogP contribution in [0.2, 0.25) is 0 Å². The van der Waals surface area contributed by atoms with Crippen molar-refractivity contribution in [2.24, 2.45) is 0 Å². The van der Waals surface area contributed by atoms with E-state index in [0.29, 0.717) is 12.4 Å². The number of nitrogens with zero attached hydrogens (tertiary/aromatic N) is 1. The molecule has 0 aliphatic carbocycles. The van der Waals surface area contributed by atoms with Crippen molar-refractivity contribution in [3.8, 4) is 5.75 Å². The van der Waals surface area contributed by atoms with Gasteiger partial charge in [-0.1, -0.05) is 22.9 Å². The van der Waals surface area contributed by atoms with E-state index < -0.39 is 5.97 Å². The van der Waals surface area contributed by atoms with Crippen LogP contribution in [-0.4, -0.2) is 17.7 Å². The maximum atomic E-state index is 11.4. The summed E-state index contributed by atoms with van der Waals surface area (Å²) in [6.45, 7) is 4.27. The first-order valence-electron chi connectivity index (χ1n) is 6.01. The Morgan fingerprint density at radius 3 is 2.74 bits per heavy atom. The number of aromatic nitrogens is 1. The van der Waals surface area contributed by atoms with Crippen molar-refractivity contribution in [2.45, 2.75) is 20.5 Å². The van der Waals surface area contributed by atoms with Gasteiger partial charge >= 0.3 is 5.97 Å². The topological polar surface area (TPSA) is 61.6 Å². The van der Waals surface area contributed by atoms with Gasteiger partial charge in [0.05, 0.1) is 6.61 Å². The van der Waals surface area contributed by atoms with Crippen LogP contribution >= 0.6 is 0 Å². The highest BCUT2D eigenvalue weighted by atomic mass is 16.5. The lowest BCUT2D eigenvalue weighted by Crippen LogP contribution is -2.04. The van der Waals surface area contributed by atoms with Gasteiger partial charge in [0.15, 0.2) is 11.5 Å². The Bertz CT molecular complexity index is 545. The van der Waals surface area contributed by atoms with Crippen LogP contribution in [0.4, 0.5) is 0 Å². The van der Waals surface area contributed by atoms with Gasteiger partial charge < -0.3 is 14.0 Å². The van der Waals surface area contributed by atoms with Crippen LogP contribution in [0.25, 0.3) is 0 Å². The van der Waals surface area contributed by atoms with Gasteiger partial charge in [0, 0.05) is 6.07 Å². The maximum absolute atomic E-state index is 11.4. The highest BCUT2D eigenvalue weighted by Crippen LogP contribution is 2.14. The fourth-order valence-electron chi connectivity index (χ4n) is 1.47. The van der Waals surface area contributed by atoms with E-state index in [1.54, 1.807) is 6.92 Å². The average molecular weight is 261 g/mol. The molecule has 0 unspecified atom stereocenters. The molecule has 0 saturated carbocycles. The minimum absolute atomic E-state index is 0.157. The fourth-order valence-corrected chi connectivity index (χ4v) is 1.47. The van der Waals surface area contributed by atoms with Crippen LogP contribution in [0.5, 0.6) is 5.75 Å². The standard InChI is InChI=1S/C14H15NO4/c1-3-17-14(16)13-8-12(19-15-13)9-18-11-6-4-10(2)5-7-11/h4-8H,3,9H2,1-2H3. The van der Waals surface area contributed by atoms with Gasteiger partial charge in [-0.15, -0.1) is 0 Å². The van der Waals surface area contributed by atoms with Crippen molar-refractivity contribution in [2.75, 3.05) is 6.61 Å². The minimum Gasteiger partial charge on any atom is -0.486 e. The molecule has 0 amide bonds. The molecule has 2 rings (SSSR count). The molecule has 0 atom stereocenters. The number of carbonyl (C=O) groups excluding carboxylic acids is 1. The third-order valence-corrected chi connectivity index (χ3v) is 2.45. The van der Waals surface area contributed by atoms with E-state index in [1.807, 2.05) is 31.2 Å². The molecule has 100 valence electrons. The first-order valence-corrected chi connectivity index (χ1v) is 6.01. The highest BCUT2D eigenvalue weighted by molar-refractivity contribution is 5.87. The second-order valence-electron chi connectivity index (χ2n) is 4.00. The van der Waals surface area contributed by atoms with Crippen LogP contribution in [0, 0.1) is 6.92 Å². The summed E-state index contributed by atoms with van der Waals surface area (Å²) in [4.78, 5) is 11.4. The van der Waals surface area contributed by atoms with Crippen LogP contribution in [0.15, 0.2) is 34.9 Å². The average Bonchev–Trinajstić information content (AvgIpc) is 2.87. The molecule has 0 fully saturated rings. The van der Waals surface area contributed by atoms with Gasteiger partial charge in [-0.25, -0.2) is 4.79 Å². The molecular weight excluding hydrogens is 246 g/mol. The van der Waals surface area contributed by atoms with Crippen molar-refractivity contribution in [3.63, 3.8) is 0 Å². The smallest absolute Gasteiger partial charge is 0.360 e. The molecule has 1 aromatic heterocycles. The summed E-state index contributed by atoms with van der Waals surface area (Å²) in [5.41, 5.74) is 1.32. The normalized spacial score (nSPS) is 10.2. The molecular formula is C14H15NO4. The number of ether oxygens (including phenoxy) is 2. The van der Waals surface area contributed by atoms with Gasteiger partial charge in [0.1, 0.15) is 12.4 Å². The zero-order chi connectivity index (χ0) is 13.7. The minimum atomic E-state index is -0.493. The van der Waals surface area contributed by atoms with Crippen molar-refractivity contribution >= 4 is 5.97 Å². The van der Waals surface area contributed by atoms with Gasteiger partial charge in [-0.3, -0.25) is 0 Å². The molecule has 1 heterocycles. The summed E-state index contributed by atoms with van der Waals surface area (Å²) >= 11 is 0. The van der Waals surface area contributed by atoms with Gasteiger partial charge in [0.2, 0.25) is 0 Å². The summed E-state index contributed by atoms with van der Waals surface area (Å²) in [6.07, 6.45) is 0. The molecule has 1 aromatic carbocycles. The summed E-state index contributed by atoms with van der Waals surface area (Å²) in [7, 11) is 0. The van der Waals surface area contributed by atoms with E-state index in [0.717, 1.165) is 11.3 Å². The van der Waals surface area contributed by atoms with Gasteiger partial charge in [-0.05, 0) is 26.0 Å². The van der Waals surface area contributed by atoms with Crippen molar-refractivity contribution in [3.05, 3.63) is 47.3 Å². The molecule has 5 nitrogen and oxygen atoms in total. The van der Waals surface area contributed by atoms with Crippen LogP contribution < -0.4 is 4.74 Å². The molecule has 2 aromatic rings. The first kappa shape index (κ1) is 13.1. The Kier molecular flexibility index (Phi) is 4.18. The SMILES string of the molecule is CCOC(=O)c1cc(COc2ccc(C)cc2)on1. The summed E-state index contributed by atoms with van der Waals surface area (Å²) in [5, 5.41) is 3.63. The maximum Gasteiger partial charge on any atom is 0.360 e. The molecule has 0 bridgehead atoms. The Morgan fingerprint density at radius 1 is 1.32 bits per heavy atom. The third-order valence-electron chi connectivity index (χ3n) is 2.45. The molecule has 0 N–H and O–H groups in total. The number of rotatable bonds is 5. The number of esters is 1. The number of hydrogen-bond donors (Lipinski definition) is 0. The number of benzene rings is 1. The van der Waals surface area contributed by atoms with E-state index in [-0.39, 0.29) is 12.3 Å². The summed E-state index contributed by atoms with van der Waals surface area (Å²) in [5.74, 6) is 0.719. The second kappa shape index (κ2) is 6.04. The summed E-state index contributed by atoms with van der Waals surface area (Å²) < 4.78 is 15.3. The monoisotopic (exact) mass is 261 g/mol. The predicted octanol–water partition coefficient (Wildman–Crippen LogP) is 2.74. The van der Waals surface area contributed by atoms with E-state index in [1.165, 1.54) is 6.07 Å². The van der Waals surface area contributed by atoms with Crippen molar-refractivity contribution in [1.82, 2.24) is 5.16 Å². The van der Waals surface area contributed by atoms with Crippen LogP contribution in [0.3, 0.4) is 0 Å². The molecule has 0 aliphatic heterocycles. The molecule has 0 saturated heterocycles. The van der Waals surface area contributed by atoms with Crippen LogP contribution in [-0.2, 0) is 11.3 Å². The Labute approximate surface area is 111 Å². The quantitative estimate of drug-likeness (QED) is 0.774. The Hall–Kier alpha value is -2.30. The van der Waals surface area contributed by atoms with Gasteiger partial charge in [-0.2, -0.15) is 0 Å². The van der Waals surface area contributed by atoms with E-state index in [2.05, 4.69) is 5.16 Å². The molecule has 0 spiro atoms. The van der Waals surface area contributed by atoms with Crippen molar-refractivity contribution in [1.29, 1.82) is 0 Å². The predicted molar refractivity (Wildman–Crippen MR) is 68.0 cm³/mol. The molecule has 5 heteroatoms. The zero-order valence-electron chi connectivity index (χ0n) is 10.9. The van der Waals surface area contributed by atoms with E-state index in [4.69, 9.17) is 14.0 Å². The number of hydrogen-bond acceptors (Lipinski definition) is 5. The lowest BCUT2D eigenvalue weighted by Gasteiger charge is -2.03. The lowest BCUT2D eigenvalue weighted by molar-refractivity contribution is 0.0514. The van der Waals surface area contributed by atoms with Gasteiger partial charge in [0.25, 0.3) is 0 Å². The number of carbonyl (C=O) groups is 1. The van der Waals surface area contributed by atoms with Crippen molar-refractivity contribution < 1.29 is 18.8 Å². The third kappa shape index (κ3) is 3.58. The van der Waals surface area contributed by atoms with Crippen LogP contribution in [0.1, 0.15) is 28.7 Å². The first-order chi connectivity index (χ1) is 9.19. The Balaban J connectivity index is 1.93. The molecule has 19 heavy (non-hydrogen) atoms. The zero-order valence-corrected chi connectivity index (χ0v) is 10.9.